The number of aliphatic hydroxyl groups is 1. The number of fused-ring (bicyclic) bond motifs is 1. The molecule has 6 nitrogen and oxygen atoms in total. The lowest BCUT2D eigenvalue weighted by Gasteiger charge is -2.52. The predicted molar refractivity (Wildman–Crippen MR) is 93.4 cm³/mol. The quantitative estimate of drug-likeness (QED) is 0.777. The van der Waals surface area contributed by atoms with Gasteiger partial charge in [0, 0.05) is 19.6 Å². The molecule has 2 heterocycles. The maximum absolute atomic E-state index is 13.0. The van der Waals surface area contributed by atoms with Gasteiger partial charge in [0.1, 0.15) is 12.1 Å². The molecule has 6 heteroatoms. The minimum atomic E-state index is -0.522. The summed E-state index contributed by atoms with van der Waals surface area (Å²) >= 11 is 0. The molecule has 0 aromatic heterocycles. The summed E-state index contributed by atoms with van der Waals surface area (Å²) in [5.74, 6) is 0.868. The van der Waals surface area contributed by atoms with Crippen LogP contribution < -0.4 is 0 Å². The maximum atomic E-state index is 13.0. The van der Waals surface area contributed by atoms with E-state index < -0.39 is 6.04 Å². The Labute approximate surface area is 145 Å². The fraction of sp³-hybridized carbons (Fsp3) is 0.889. The molecule has 138 valence electrons. The van der Waals surface area contributed by atoms with Crippen LogP contribution >= 0.6 is 0 Å². The van der Waals surface area contributed by atoms with E-state index >= 15 is 0 Å². The Morgan fingerprint density at radius 1 is 1.04 bits per heavy atom. The summed E-state index contributed by atoms with van der Waals surface area (Å²) in [5, 5.41) is 9.57. The third-order valence-corrected chi connectivity index (χ3v) is 5.17. The van der Waals surface area contributed by atoms with E-state index in [9.17, 15) is 14.7 Å². The summed E-state index contributed by atoms with van der Waals surface area (Å²) in [7, 11) is 1.88. The van der Waals surface area contributed by atoms with Gasteiger partial charge in [-0.25, -0.2) is 0 Å². The molecule has 0 aromatic carbocycles. The van der Waals surface area contributed by atoms with Crippen molar-refractivity contribution in [3.63, 3.8) is 0 Å². The molecule has 0 aliphatic carbocycles. The number of aliphatic hydroxyl groups excluding tert-OH is 1. The lowest BCUT2D eigenvalue weighted by Crippen LogP contribution is -2.72. The molecule has 2 fully saturated rings. The van der Waals surface area contributed by atoms with Crippen molar-refractivity contribution in [1.29, 1.82) is 0 Å². The monoisotopic (exact) mass is 339 g/mol. The van der Waals surface area contributed by atoms with Gasteiger partial charge in [-0.1, -0.05) is 27.7 Å². The molecule has 0 bridgehead atoms. The van der Waals surface area contributed by atoms with Gasteiger partial charge in [-0.15, -0.1) is 0 Å². The Kier molecular flexibility index (Phi) is 6.26. The van der Waals surface area contributed by atoms with Crippen LogP contribution in [0.3, 0.4) is 0 Å². The standard InChI is InChI=1S/C18H33N3O3/c1-12(2)6-7-20-10-14-9-19(5)16(11-22)18(24)21(14)15(17(20)23)8-13(3)4/h12-16,22H,6-11H2,1-5H3/t14-,15-,16-/m0/s1. The normalized spacial score (nSPS) is 28.9. The molecule has 2 rings (SSSR count). The number of carbonyl (C=O) groups is 2. The van der Waals surface area contributed by atoms with Gasteiger partial charge in [0.05, 0.1) is 12.6 Å². The molecule has 24 heavy (non-hydrogen) atoms. The molecule has 0 unspecified atom stereocenters. The molecule has 3 atom stereocenters. The maximum Gasteiger partial charge on any atom is 0.245 e. The number of piperazine rings is 2. The van der Waals surface area contributed by atoms with E-state index in [0.29, 0.717) is 31.3 Å². The van der Waals surface area contributed by atoms with Crippen LogP contribution in [0.2, 0.25) is 0 Å². The second-order valence-corrected chi connectivity index (χ2v) is 8.15. The van der Waals surface area contributed by atoms with Crippen molar-refractivity contribution in [2.45, 2.75) is 58.7 Å². The fourth-order valence-corrected chi connectivity index (χ4v) is 3.81. The number of amides is 2. The Morgan fingerprint density at radius 2 is 1.71 bits per heavy atom. The number of rotatable bonds is 6. The van der Waals surface area contributed by atoms with Crippen molar-refractivity contribution in [3.05, 3.63) is 0 Å². The second kappa shape index (κ2) is 7.83. The highest BCUT2D eigenvalue weighted by atomic mass is 16.3. The lowest BCUT2D eigenvalue weighted by molar-refractivity contribution is -0.167. The first-order valence-corrected chi connectivity index (χ1v) is 9.18. The van der Waals surface area contributed by atoms with E-state index in [2.05, 4.69) is 27.7 Å². The Morgan fingerprint density at radius 3 is 2.25 bits per heavy atom. The first-order valence-electron chi connectivity index (χ1n) is 9.18. The van der Waals surface area contributed by atoms with E-state index in [1.54, 1.807) is 4.90 Å². The van der Waals surface area contributed by atoms with Crippen LogP contribution in [0.5, 0.6) is 0 Å². The van der Waals surface area contributed by atoms with E-state index in [1.807, 2.05) is 16.8 Å². The van der Waals surface area contributed by atoms with Crippen LogP contribution in [0.15, 0.2) is 0 Å². The predicted octanol–water partition coefficient (Wildman–Crippen LogP) is 0.793. The Hall–Kier alpha value is -1.14. The van der Waals surface area contributed by atoms with E-state index in [4.69, 9.17) is 0 Å². The van der Waals surface area contributed by atoms with Crippen LogP contribution in [0, 0.1) is 11.8 Å². The zero-order valence-electron chi connectivity index (χ0n) is 15.7. The average Bonchev–Trinajstić information content (AvgIpc) is 2.48. The molecule has 2 saturated heterocycles. The van der Waals surface area contributed by atoms with Gasteiger partial charge in [-0.3, -0.25) is 14.5 Å². The van der Waals surface area contributed by atoms with Crippen molar-refractivity contribution in [2.24, 2.45) is 11.8 Å². The summed E-state index contributed by atoms with van der Waals surface area (Å²) < 4.78 is 0. The Balaban J connectivity index is 2.24. The topological polar surface area (TPSA) is 64.1 Å². The average molecular weight is 339 g/mol. The zero-order chi connectivity index (χ0) is 18.0. The first-order chi connectivity index (χ1) is 11.3. The smallest absolute Gasteiger partial charge is 0.245 e. The first kappa shape index (κ1) is 19.2. The van der Waals surface area contributed by atoms with Crippen LogP contribution in [0.25, 0.3) is 0 Å². The van der Waals surface area contributed by atoms with Gasteiger partial charge >= 0.3 is 0 Å². The van der Waals surface area contributed by atoms with Crippen molar-refractivity contribution >= 4 is 11.8 Å². The molecular weight excluding hydrogens is 306 g/mol. The number of nitrogens with zero attached hydrogens (tertiary/aromatic N) is 3. The van der Waals surface area contributed by atoms with Gasteiger partial charge in [-0.05, 0) is 31.7 Å². The van der Waals surface area contributed by atoms with Crippen LogP contribution in [-0.2, 0) is 9.59 Å². The van der Waals surface area contributed by atoms with Crippen LogP contribution in [0.4, 0.5) is 0 Å². The highest BCUT2D eigenvalue weighted by Gasteiger charge is 2.48. The van der Waals surface area contributed by atoms with Gasteiger partial charge in [-0.2, -0.15) is 0 Å². The van der Waals surface area contributed by atoms with E-state index in [0.717, 1.165) is 13.0 Å². The van der Waals surface area contributed by atoms with Gasteiger partial charge in [0.2, 0.25) is 11.8 Å². The van der Waals surface area contributed by atoms with Crippen molar-refractivity contribution in [3.8, 4) is 0 Å². The molecule has 0 radical (unpaired) electrons. The van der Waals surface area contributed by atoms with Gasteiger partial charge in [0.25, 0.3) is 0 Å². The van der Waals surface area contributed by atoms with E-state index in [1.165, 1.54) is 0 Å². The summed E-state index contributed by atoms with van der Waals surface area (Å²) in [5.41, 5.74) is 0. The fourth-order valence-electron chi connectivity index (χ4n) is 3.81. The highest BCUT2D eigenvalue weighted by Crippen LogP contribution is 2.28. The molecule has 1 N–H and O–H groups in total. The summed E-state index contributed by atoms with van der Waals surface area (Å²) in [6.45, 7) is 10.4. The van der Waals surface area contributed by atoms with Crippen molar-refractivity contribution in [1.82, 2.24) is 14.7 Å². The third-order valence-electron chi connectivity index (χ3n) is 5.17. The Bertz CT molecular complexity index is 466. The van der Waals surface area contributed by atoms with Crippen molar-refractivity contribution < 1.29 is 14.7 Å². The number of likely N-dealkylation sites (N-methyl/N-ethyl adjacent to an activating group) is 1. The third kappa shape index (κ3) is 3.91. The molecule has 2 aliphatic heterocycles. The summed E-state index contributed by atoms with van der Waals surface area (Å²) in [4.78, 5) is 31.5. The molecule has 0 spiro atoms. The SMILES string of the molecule is CC(C)CCN1C[C@@H]2CN(C)[C@@H](CO)C(=O)N2[C@@H](CC(C)C)C1=O. The highest BCUT2D eigenvalue weighted by molar-refractivity contribution is 5.92. The van der Waals surface area contributed by atoms with E-state index in [-0.39, 0.29) is 30.5 Å². The van der Waals surface area contributed by atoms with Gasteiger partial charge in [0.15, 0.2) is 0 Å². The molecule has 0 saturated carbocycles. The molecule has 0 aromatic rings. The van der Waals surface area contributed by atoms with Crippen molar-refractivity contribution in [2.75, 3.05) is 33.3 Å². The molecular formula is C18H33N3O3. The minimum absolute atomic E-state index is 0.0268. The number of carbonyl (C=O) groups excluding carboxylic acids is 2. The summed E-state index contributed by atoms with van der Waals surface area (Å²) in [6, 6.07) is -0.879. The van der Waals surface area contributed by atoms with Gasteiger partial charge < -0.3 is 14.9 Å². The summed E-state index contributed by atoms with van der Waals surface area (Å²) in [6.07, 6.45) is 1.66. The lowest BCUT2D eigenvalue weighted by atomic mass is 9.92. The number of hydrogen-bond donors (Lipinski definition) is 1. The largest absolute Gasteiger partial charge is 0.394 e. The zero-order valence-corrected chi connectivity index (χ0v) is 15.7. The molecule has 2 amide bonds. The second-order valence-electron chi connectivity index (χ2n) is 8.15. The minimum Gasteiger partial charge on any atom is -0.394 e. The van der Waals surface area contributed by atoms with Crippen LogP contribution in [0.1, 0.15) is 40.5 Å². The molecule has 2 aliphatic rings. The van der Waals surface area contributed by atoms with Crippen LogP contribution in [-0.4, -0.2) is 83.0 Å². The number of hydrogen-bond acceptors (Lipinski definition) is 4.